The van der Waals surface area contributed by atoms with Gasteiger partial charge in [-0.05, 0) is 94.1 Å². The maximum Gasteiger partial charge on any atom is 0.261 e. The molecule has 3 N–H and O–H groups in total. The topological polar surface area (TPSA) is 135 Å². The summed E-state index contributed by atoms with van der Waals surface area (Å²) in [5, 5.41) is 6.00. The van der Waals surface area contributed by atoms with E-state index in [9.17, 15) is 18.8 Å². The number of piperidine rings is 2. The van der Waals surface area contributed by atoms with Crippen molar-refractivity contribution < 1.29 is 28.2 Å². The van der Waals surface area contributed by atoms with Crippen LogP contribution in [0.3, 0.4) is 0 Å². The second-order valence-electron chi connectivity index (χ2n) is 13.7. The minimum atomic E-state index is -0.609. The summed E-state index contributed by atoms with van der Waals surface area (Å²) in [6.07, 6.45) is 7.09. The van der Waals surface area contributed by atoms with Gasteiger partial charge in [0.25, 0.3) is 5.56 Å². The van der Waals surface area contributed by atoms with Crippen LogP contribution in [0.4, 0.5) is 10.1 Å². The number of nitrogens with zero attached hydrogens (tertiary/aromatic N) is 2. The molecule has 3 saturated heterocycles. The van der Waals surface area contributed by atoms with Gasteiger partial charge in [-0.25, -0.2) is 9.37 Å². The summed E-state index contributed by atoms with van der Waals surface area (Å²) >= 11 is 1.75. The van der Waals surface area contributed by atoms with Gasteiger partial charge in [-0.1, -0.05) is 0 Å². The molecule has 4 heterocycles. The Morgan fingerprint density at radius 3 is 2.43 bits per heavy atom. The number of aromatic nitrogens is 2. The van der Waals surface area contributed by atoms with Gasteiger partial charge in [-0.3, -0.25) is 19.7 Å². The fourth-order valence-corrected chi connectivity index (χ4v) is 8.22. The zero-order valence-corrected chi connectivity index (χ0v) is 28.4. The van der Waals surface area contributed by atoms with Gasteiger partial charge in [0, 0.05) is 48.7 Å². The normalized spacial score (nSPS) is 24.0. The highest BCUT2D eigenvalue weighted by atomic mass is 32.2. The molecule has 1 atom stereocenters. The third kappa shape index (κ3) is 8.56. The number of ether oxygens (including phenoxy) is 3. The Kier molecular flexibility index (Phi) is 10.7. The highest BCUT2D eigenvalue weighted by molar-refractivity contribution is 7.99. The molecule has 4 aliphatic rings. The van der Waals surface area contributed by atoms with Gasteiger partial charge in [0.15, 0.2) is 0 Å². The molecule has 7 rings (SSSR count). The van der Waals surface area contributed by atoms with Crippen molar-refractivity contribution in [2.24, 2.45) is 11.8 Å². The first kappa shape index (κ1) is 33.8. The maximum atomic E-state index is 15.0. The average molecular weight is 694 g/mol. The number of amides is 2. The van der Waals surface area contributed by atoms with Crippen molar-refractivity contribution >= 4 is 40.2 Å². The van der Waals surface area contributed by atoms with Crippen molar-refractivity contribution in [1.82, 2.24) is 20.2 Å². The van der Waals surface area contributed by atoms with Crippen molar-refractivity contribution in [3.05, 3.63) is 58.4 Å². The zero-order valence-electron chi connectivity index (χ0n) is 27.6. The van der Waals surface area contributed by atoms with Gasteiger partial charge < -0.3 is 29.4 Å². The van der Waals surface area contributed by atoms with Gasteiger partial charge >= 0.3 is 0 Å². The fourth-order valence-electron chi connectivity index (χ4n) is 7.17. The van der Waals surface area contributed by atoms with E-state index in [1.807, 2.05) is 24.3 Å². The molecule has 1 unspecified atom stereocenters. The number of carbonyl (C=O) groups is 2. The number of thioether (sulfide) groups is 1. The van der Waals surface area contributed by atoms with Gasteiger partial charge in [0.1, 0.15) is 34.6 Å². The Bertz CT molecular complexity index is 1690. The molecule has 49 heavy (non-hydrogen) atoms. The van der Waals surface area contributed by atoms with Crippen molar-refractivity contribution in [1.29, 1.82) is 0 Å². The van der Waals surface area contributed by atoms with E-state index >= 15 is 0 Å². The number of halogens is 1. The van der Waals surface area contributed by atoms with E-state index in [1.165, 1.54) is 6.07 Å². The first-order valence-corrected chi connectivity index (χ1v) is 18.5. The van der Waals surface area contributed by atoms with Crippen LogP contribution in [0.2, 0.25) is 0 Å². The number of hydrogen-bond donors (Lipinski definition) is 3. The highest BCUT2D eigenvalue weighted by Crippen LogP contribution is 2.35. The molecule has 262 valence electrons. The van der Waals surface area contributed by atoms with E-state index in [0.717, 1.165) is 76.3 Å². The highest BCUT2D eigenvalue weighted by Gasteiger charge is 2.36. The first-order chi connectivity index (χ1) is 23.9. The summed E-state index contributed by atoms with van der Waals surface area (Å²) in [6.45, 7) is 4.75. The van der Waals surface area contributed by atoms with Crippen LogP contribution in [-0.2, 0) is 20.1 Å². The number of imide groups is 1. The molecule has 2 aromatic carbocycles. The molecule has 0 bridgehead atoms. The number of rotatable bonds is 12. The standard InChI is InChI=1S/C36H44FN5O6S/c37-29-17-27(18-31-34(29)36(45)40-32(39-31)21-49-28-9-13-46-14-10-28)48-19-22-7-11-42(12-8-22)25-15-23(16-25)20-47-26-3-1-24(2-4-26)38-30-5-6-33(43)41-35(30)44/h1-4,17-18,22-23,25,28,30,38H,5-16,19-21H2,(H,39,40,45)(H,41,43,44). The minimum Gasteiger partial charge on any atom is -0.493 e. The molecule has 11 nitrogen and oxygen atoms in total. The second kappa shape index (κ2) is 15.5. The minimum absolute atomic E-state index is 0.0260. The molecule has 2 amide bonds. The number of anilines is 1. The molecule has 0 spiro atoms. The van der Waals surface area contributed by atoms with Crippen molar-refractivity contribution in [2.45, 2.75) is 74.5 Å². The Morgan fingerprint density at radius 2 is 1.67 bits per heavy atom. The number of nitrogens with one attached hydrogen (secondary N) is 3. The van der Waals surface area contributed by atoms with E-state index in [4.69, 9.17) is 14.2 Å². The molecule has 13 heteroatoms. The van der Waals surface area contributed by atoms with Gasteiger partial charge in [-0.2, -0.15) is 11.8 Å². The van der Waals surface area contributed by atoms with Crippen LogP contribution < -0.4 is 25.7 Å². The number of aromatic amines is 1. The van der Waals surface area contributed by atoms with Crippen LogP contribution >= 0.6 is 11.8 Å². The van der Waals surface area contributed by atoms with E-state index in [-0.39, 0.29) is 17.2 Å². The number of H-pyrrole nitrogens is 1. The Labute approximate surface area is 289 Å². The summed E-state index contributed by atoms with van der Waals surface area (Å²) in [7, 11) is 0. The van der Waals surface area contributed by atoms with Crippen molar-refractivity contribution in [3.63, 3.8) is 0 Å². The first-order valence-electron chi connectivity index (χ1n) is 17.5. The summed E-state index contributed by atoms with van der Waals surface area (Å²) in [5.41, 5.74) is 0.699. The van der Waals surface area contributed by atoms with Crippen molar-refractivity contribution in [2.75, 3.05) is 44.8 Å². The maximum absolute atomic E-state index is 15.0. The lowest BCUT2D eigenvalue weighted by atomic mass is 9.78. The summed E-state index contributed by atoms with van der Waals surface area (Å²) < 4.78 is 32.5. The Hall–Kier alpha value is -3.68. The molecular formula is C36H44FN5O6S. The molecule has 1 aliphatic carbocycles. The third-order valence-electron chi connectivity index (χ3n) is 10.2. The van der Waals surface area contributed by atoms with Crippen LogP contribution in [0.5, 0.6) is 11.5 Å². The molecule has 0 radical (unpaired) electrons. The molecule has 3 aromatic rings. The number of carbonyl (C=O) groups excluding carboxylic acids is 2. The molecule has 1 saturated carbocycles. The molecule has 3 aliphatic heterocycles. The number of hydrogen-bond acceptors (Lipinski definition) is 10. The molecule has 4 fully saturated rings. The Balaban J connectivity index is 0.817. The Morgan fingerprint density at radius 1 is 0.939 bits per heavy atom. The lowest BCUT2D eigenvalue weighted by Gasteiger charge is -2.45. The van der Waals surface area contributed by atoms with Crippen LogP contribution in [-0.4, -0.2) is 83.5 Å². The van der Waals surface area contributed by atoms with Gasteiger partial charge in [0.2, 0.25) is 11.8 Å². The largest absolute Gasteiger partial charge is 0.493 e. The van der Waals surface area contributed by atoms with Crippen LogP contribution in [0.25, 0.3) is 10.9 Å². The number of fused-ring (bicyclic) bond motifs is 1. The summed E-state index contributed by atoms with van der Waals surface area (Å²) in [5.74, 6) is 2.13. The lowest BCUT2D eigenvalue weighted by Crippen LogP contribution is -2.49. The average Bonchev–Trinajstić information content (AvgIpc) is 3.08. The van der Waals surface area contributed by atoms with Crippen LogP contribution in [0, 0.1) is 17.7 Å². The smallest absolute Gasteiger partial charge is 0.261 e. The summed E-state index contributed by atoms with van der Waals surface area (Å²) in [4.78, 5) is 45.9. The quantitative estimate of drug-likeness (QED) is 0.231. The lowest BCUT2D eigenvalue weighted by molar-refractivity contribution is -0.133. The number of benzene rings is 2. The molecule has 1 aromatic heterocycles. The van der Waals surface area contributed by atoms with E-state index in [0.29, 0.717) is 72.0 Å². The van der Waals surface area contributed by atoms with Gasteiger partial charge in [-0.15, -0.1) is 0 Å². The zero-order chi connectivity index (χ0) is 33.7. The SMILES string of the molecule is O=C1CCC(Nc2ccc(OCC3CC(N4CCC(COc5cc(F)c6c(=O)[nH]c(CSC7CCOCC7)nc6c5)CC4)C3)cc2)C(=O)N1. The van der Waals surface area contributed by atoms with Crippen LogP contribution in [0.1, 0.15) is 57.2 Å². The third-order valence-corrected chi connectivity index (χ3v) is 11.6. The summed E-state index contributed by atoms with van der Waals surface area (Å²) in [6, 6.07) is 10.8. The second-order valence-corrected chi connectivity index (χ2v) is 15.0. The van der Waals surface area contributed by atoms with Gasteiger partial charge in [0.05, 0.1) is 24.5 Å². The van der Waals surface area contributed by atoms with E-state index in [2.05, 4.69) is 25.5 Å². The van der Waals surface area contributed by atoms with Crippen LogP contribution in [0.15, 0.2) is 41.2 Å². The fraction of sp³-hybridized carbons (Fsp3) is 0.556. The van der Waals surface area contributed by atoms with Crippen molar-refractivity contribution in [3.8, 4) is 11.5 Å². The predicted octanol–water partition coefficient (Wildman–Crippen LogP) is 4.64. The monoisotopic (exact) mass is 693 g/mol. The number of likely N-dealkylation sites (tertiary alicyclic amines) is 1. The molecular weight excluding hydrogens is 649 g/mol. The van der Waals surface area contributed by atoms with E-state index < -0.39 is 17.4 Å². The predicted molar refractivity (Wildman–Crippen MR) is 185 cm³/mol. The van der Waals surface area contributed by atoms with E-state index in [1.54, 1.807) is 17.8 Å².